The zero-order valence-corrected chi connectivity index (χ0v) is 13.4. The number of hydrogen-bond donors (Lipinski definition) is 1. The highest BCUT2D eigenvalue weighted by Gasteiger charge is 2.11. The summed E-state index contributed by atoms with van der Waals surface area (Å²) in [6.07, 6.45) is -0.496. The molecule has 0 bridgehead atoms. The van der Waals surface area contributed by atoms with Crippen molar-refractivity contribution < 1.29 is 14.3 Å². The van der Waals surface area contributed by atoms with Crippen molar-refractivity contribution in [3.8, 4) is 5.75 Å². The molecule has 118 valence electrons. The molecular formula is C17H16N2O3S. The Morgan fingerprint density at radius 3 is 2.83 bits per heavy atom. The number of ether oxygens (including phenoxy) is 2. The van der Waals surface area contributed by atoms with Crippen LogP contribution in [0.25, 0.3) is 10.1 Å². The van der Waals surface area contributed by atoms with Gasteiger partial charge in [0, 0.05) is 5.39 Å². The quantitative estimate of drug-likeness (QED) is 0.752. The molecule has 0 saturated carbocycles. The van der Waals surface area contributed by atoms with Crippen LogP contribution in [0.5, 0.6) is 5.75 Å². The summed E-state index contributed by atoms with van der Waals surface area (Å²) in [6, 6.07) is 15.7. The number of benzene rings is 2. The molecule has 1 aromatic heterocycles. The molecule has 1 heterocycles. The van der Waals surface area contributed by atoms with Crippen LogP contribution in [-0.2, 0) is 11.3 Å². The summed E-state index contributed by atoms with van der Waals surface area (Å²) < 4.78 is 15.9. The minimum absolute atomic E-state index is 0.325. The summed E-state index contributed by atoms with van der Waals surface area (Å²) in [5.41, 5.74) is 1.11. The molecule has 0 aliphatic carbocycles. The number of aromatic nitrogens is 1. The third kappa shape index (κ3) is 3.78. The standard InChI is InChI=1S/C17H16N2O3S/c1-2-21-17(20)18-16-14-9-8-13(10-15(14)23-19-16)22-11-12-6-4-3-5-7-12/h3-10H,2,11H2,1H3,(H,18,19,20). The number of rotatable bonds is 5. The summed E-state index contributed by atoms with van der Waals surface area (Å²) in [5, 5.41) is 3.51. The molecule has 0 unspecified atom stereocenters. The fourth-order valence-electron chi connectivity index (χ4n) is 2.10. The third-order valence-electron chi connectivity index (χ3n) is 3.19. The van der Waals surface area contributed by atoms with E-state index in [-0.39, 0.29) is 0 Å². The van der Waals surface area contributed by atoms with Gasteiger partial charge in [-0.25, -0.2) is 4.79 Å². The van der Waals surface area contributed by atoms with E-state index >= 15 is 0 Å². The van der Waals surface area contributed by atoms with E-state index in [1.807, 2.05) is 48.5 Å². The molecule has 3 aromatic rings. The van der Waals surface area contributed by atoms with Gasteiger partial charge in [0.2, 0.25) is 0 Å². The van der Waals surface area contributed by atoms with Crippen molar-refractivity contribution in [2.24, 2.45) is 0 Å². The van der Waals surface area contributed by atoms with Gasteiger partial charge >= 0.3 is 6.09 Å². The normalized spacial score (nSPS) is 10.5. The fraction of sp³-hybridized carbons (Fsp3) is 0.176. The van der Waals surface area contributed by atoms with Crippen LogP contribution in [0.4, 0.5) is 10.6 Å². The highest BCUT2D eigenvalue weighted by atomic mass is 32.1. The molecule has 1 N–H and O–H groups in total. The predicted molar refractivity (Wildman–Crippen MR) is 91.0 cm³/mol. The molecule has 0 fully saturated rings. The Balaban J connectivity index is 1.71. The first-order valence-electron chi connectivity index (χ1n) is 7.26. The smallest absolute Gasteiger partial charge is 0.412 e. The second-order valence-electron chi connectivity index (χ2n) is 4.81. The molecule has 0 atom stereocenters. The largest absolute Gasteiger partial charge is 0.489 e. The van der Waals surface area contributed by atoms with Gasteiger partial charge in [-0.3, -0.25) is 5.32 Å². The van der Waals surface area contributed by atoms with Crippen LogP contribution in [0.3, 0.4) is 0 Å². The summed E-state index contributed by atoms with van der Waals surface area (Å²) in [6.45, 7) is 2.60. The van der Waals surface area contributed by atoms with Crippen LogP contribution in [0, 0.1) is 0 Å². The van der Waals surface area contributed by atoms with Crippen molar-refractivity contribution in [1.82, 2.24) is 4.37 Å². The van der Waals surface area contributed by atoms with Crippen molar-refractivity contribution >= 4 is 33.5 Å². The Morgan fingerprint density at radius 2 is 2.04 bits per heavy atom. The van der Waals surface area contributed by atoms with Crippen LogP contribution in [0.2, 0.25) is 0 Å². The second-order valence-corrected chi connectivity index (χ2v) is 5.61. The molecule has 23 heavy (non-hydrogen) atoms. The maximum atomic E-state index is 11.5. The van der Waals surface area contributed by atoms with E-state index in [2.05, 4.69) is 9.69 Å². The van der Waals surface area contributed by atoms with Crippen LogP contribution in [-0.4, -0.2) is 17.1 Å². The highest BCUT2D eigenvalue weighted by molar-refractivity contribution is 7.13. The molecule has 0 saturated heterocycles. The molecule has 0 radical (unpaired) electrons. The number of anilines is 1. The van der Waals surface area contributed by atoms with Crippen LogP contribution in [0.1, 0.15) is 12.5 Å². The van der Waals surface area contributed by atoms with Crippen LogP contribution in [0.15, 0.2) is 48.5 Å². The van der Waals surface area contributed by atoms with Gasteiger partial charge in [-0.15, -0.1) is 0 Å². The maximum absolute atomic E-state index is 11.5. The number of nitrogens with one attached hydrogen (secondary N) is 1. The van der Waals surface area contributed by atoms with Gasteiger partial charge in [0.05, 0.1) is 11.3 Å². The molecule has 6 heteroatoms. The van der Waals surface area contributed by atoms with E-state index in [1.54, 1.807) is 6.92 Å². The van der Waals surface area contributed by atoms with Gasteiger partial charge in [-0.1, -0.05) is 30.3 Å². The SMILES string of the molecule is CCOC(=O)Nc1nsc2cc(OCc3ccccc3)ccc12. The summed E-state index contributed by atoms with van der Waals surface area (Å²) >= 11 is 1.31. The lowest BCUT2D eigenvalue weighted by atomic mass is 10.2. The number of amides is 1. The maximum Gasteiger partial charge on any atom is 0.412 e. The van der Waals surface area contributed by atoms with E-state index in [0.29, 0.717) is 19.0 Å². The van der Waals surface area contributed by atoms with E-state index in [9.17, 15) is 4.79 Å². The van der Waals surface area contributed by atoms with Gasteiger partial charge in [-0.05, 0) is 42.2 Å². The van der Waals surface area contributed by atoms with E-state index in [0.717, 1.165) is 21.4 Å². The average Bonchev–Trinajstić information content (AvgIpc) is 2.96. The second kappa shape index (κ2) is 7.11. The first-order valence-corrected chi connectivity index (χ1v) is 8.03. The Bertz CT molecular complexity index is 802. The number of carbonyl (C=O) groups excluding carboxylic acids is 1. The van der Waals surface area contributed by atoms with E-state index in [1.165, 1.54) is 11.5 Å². The minimum atomic E-state index is -0.496. The molecule has 1 amide bonds. The highest BCUT2D eigenvalue weighted by Crippen LogP contribution is 2.30. The number of hydrogen-bond acceptors (Lipinski definition) is 5. The zero-order chi connectivity index (χ0) is 16.1. The number of carbonyl (C=O) groups is 1. The third-order valence-corrected chi connectivity index (χ3v) is 4.00. The van der Waals surface area contributed by atoms with Gasteiger partial charge in [0.1, 0.15) is 12.4 Å². The molecular weight excluding hydrogens is 312 g/mol. The Kier molecular flexibility index (Phi) is 4.73. The van der Waals surface area contributed by atoms with E-state index in [4.69, 9.17) is 9.47 Å². The Labute approximate surface area is 138 Å². The minimum Gasteiger partial charge on any atom is -0.489 e. The zero-order valence-electron chi connectivity index (χ0n) is 12.6. The first kappa shape index (κ1) is 15.3. The van der Waals surface area contributed by atoms with Gasteiger partial charge in [0.25, 0.3) is 0 Å². The first-order chi connectivity index (χ1) is 11.3. The van der Waals surface area contributed by atoms with E-state index < -0.39 is 6.09 Å². The Hall–Kier alpha value is -2.60. The lowest BCUT2D eigenvalue weighted by Gasteiger charge is -2.06. The number of fused-ring (bicyclic) bond motifs is 1. The molecule has 5 nitrogen and oxygen atoms in total. The van der Waals surface area contributed by atoms with Crippen molar-refractivity contribution in [3.63, 3.8) is 0 Å². The van der Waals surface area contributed by atoms with Crippen LogP contribution < -0.4 is 10.1 Å². The Morgan fingerprint density at radius 1 is 1.22 bits per heavy atom. The van der Waals surface area contributed by atoms with Crippen LogP contribution >= 0.6 is 11.5 Å². The summed E-state index contributed by atoms with van der Waals surface area (Å²) in [7, 11) is 0. The fourth-order valence-corrected chi connectivity index (χ4v) is 2.87. The topological polar surface area (TPSA) is 60.5 Å². The number of nitrogens with zero attached hydrogens (tertiary/aromatic N) is 1. The molecule has 3 rings (SSSR count). The van der Waals surface area contributed by atoms with Gasteiger partial charge in [0.15, 0.2) is 5.82 Å². The van der Waals surface area contributed by atoms with Crippen molar-refractivity contribution in [3.05, 3.63) is 54.1 Å². The monoisotopic (exact) mass is 328 g/mol. The molecule has 0 aliphatic rings. The average molecular weight is 328 g/mol. The van der Waals surface area contributed by atoms with Crippen molar-refractivity contribution in [2.45, 2.75) is 13.5 Å². The van der Waals surface area contributed by atoms with Crippen molar-refractivity contribution in [2.75, 3.05) is 11.9 Å². The molecule has 0 aliphatic heterocycles. The van der Waals surface area contributed by atoms with Gasteiger partial charge in [-0.2, -0.15) is 4.37 Å². The molecule has 2 aromatic carbocycles. The molecule has 0 spiro atoms. The predicted octanol–water partition coefficient (Wildman–Crippen LogP) is 4.44. The lowest BCUT2D eigenvalue weighted by Crippen LogP contribution is -2.13. The lowest BCUT2D eigenvalue weighted by molar-refractivity contribution is 0.168. The van der Waals surface area contributed by atoms with Gasteiger partial charge < -0.3 is 9.47 Å². The summed E-state index contributed by atoms with van der Waals surface area (Å²) in [4.78, 5) is 11.5. The summed E-state index contributed by atoms with van der Waals surface area (Å²) in [5.74, 6) is 1.28. The van der Waals surface area contributed by atoms with Crippen molar-refractivity contribution in [1.29, 1.82) is 0 Å².